The molecule has 140 valence electrons. The Bertz CT molecular complexity index is 708. The monoisotopic (exact) mass is 390 g/mol. The first kappa shape index (κ1) is 20.4. The van der Waals surface area contributed by atoms with E-state index in [1.54, 1.807) is 11.3 Å². The van der Waals surface area contributed by atoms with Gasteiger partial charge < -0.3 is 0 Å². The molecule has 0 aliphatic heterocycles. The van der Waals surface area contributed by atoms with Gasteiger partial charge in [0.1, 0.15) is 0 Å². The second-order valence-electron chi connectivity index (χ2n) is 8.19. The Hall–Kier alpha value is -0.950. The molecule has 2 rings (SSSR count). The SMILES string of the molecule is CC(CCC(C)(C)c1nc(C(F)(F)F)cs1)c1csc(C(C)(C)C)n1. The summed E-state index contributed by atoms with van der Waals surface area (Å²) < 4.78 is 38.3. The summed E-state index contributed by atoms with van der Waals surface area (Å²) in [5.41, 5.74) is -0.0639. The van der Waals surface area contributed by atoms with Crippen molar-refractivity contribution in [3.05, 3.63) is 32.2 Å². The number of alkyl halides is 3. The van der Waals surface area contributed by atoms with Gasteiger partial charge in [0.15, 0.2) is 5.69 Å². The Labute approximate surface area is 155 Å². The third-order valence-electron chi connectivity index (χ3n) is 4.24. The first-order valence-electron chi connectivity index (χ1n) is 8.30. The first-order chi connectivity index (χ1) is 11.3. The normalized spacial score (nSPS) is 14.8. The van der Waals surface area contributed by atoms with Crippen molar-refractivity contribution in [2.24, 2.45) is 0 Å². The van der Waals surface area contributed by atoms with Gasteiger partial charge in [0, 0.05) is 21.6 Å². The molecule has 0 spiro atoms. The van der Waals surface area contributed by atoms with Crippen molar-refractivity contribution >= 4 is 22.7 Å². The molecule has 0 aliphatic rings. The zero-order chi connectivity index (χ0) is 19.0. The molecule has 0 radical (unpaired) electrons. The van der Waals surface area contributed by atoms with Crippen molar-refractivity contribution in [2.75, 3.05) is 0 Å². The summed E-state index contributed by atoms with van der Waals surface area (Å²) in [5.74, 6) is 0.272. The number of nitrogens with zero attached hydrogens (tertiary/aromatic N) is 2. The molecule has 0 bridgehead atoms. The quantitative estimate of drug-likeness (QED) is 0.562. The Morgan fingerprint density at radius 1 is 0.960 bits per heavy atom. The van der Waals surface area contributed by atoms with Crippen molar-refractivity contribution in [1.82, 2.24) is 9.97 Å². The number of rotatable bonds is 5. The minimum Gasteiger partial charge on any atom is -0.245 e. The maximum atomic E-state index is 12.8. The minimum absolute atomic E-state index is 0.0385. The lowest BCUT2D eigenvalue weighted by Crippen LogP contribution is -2.19. The van der Waals surface area contributed by atoms with E-state index >= 15 is 0 Å². The van der Waals surface area contributed by atoms with Crippen LogP contribution in [0.2, 0.25) is 0 Å². The summed E-state index contributed by atoms with van der Waals surface area (Å²) in [6.07, 6.45) is -2.75. The van der Waals surface area contributed by atoms with E-state index in [1.807, 2.05) is 13.8 Å². The minimum atomic E-state index is -4.37. The molecule has 2 aromatic rings. The molecule has 0 aliphatic carbocycles. The lowest BCUT2D eigenvalue weighted by Gasteiger charge is -2.23. The van der Waals surface area contributed by atoms with Crippen LogP contribution in [-0.2, 0) is 17.0 Å². The van der Waals surface area contributed by atoms with Crippen LogP contribution in [0.5, 0.6) is 0 Å². The lowest BCUT2D eigenvalue weighted by molar-refractivity contribution is -0.140. The van der Waals surface area contributed by atoms with Gasteiger partial charge in [-0.25, -0.2) is 9.97 Å². The third-order valence-corrected chi connectivity index (χ3v) is 6.74. The van der Waals surface area contributed by atoms with E-state index in [4.69, 9.17) is 4.98 Å². The molecule has 2 aromatic heterocycles. The van der Waals surface area contributed by atoms with Crippen LogP contribution in [0.25, 0.3) is 0 Å². The highest BCUT2D eigenvalue weighted by atomic mass is 32.1. The largest absolute Gasteiger partial charge is 0.434 e. The fourth-order valence-electron chi connectivity index (χ4n) is 2.40. The molecule has 0 amide bonds. The Morgan fingerprint density at radius 2 is 1.56 bits per heavy atom. The topological polar surface area (TPSA) is 25.8 Å². The van der Waals surface area contributed by atoms with Crippen molar-refractivity contribution < 1.29 is 13.2 Å². The van der Waals surface area contributed by atoms with Gasteiger partial charge in [-0.05, 0) is 18.8 Å². The number of hydrogen-bond acceptors (Lipinski definition) is 4. The Kier molecular flexibility index (Phi) is 5.69. The zero-order valence-corrected chi connectivity index (χ0v) is 17.1. The molecule has 0 saturated carbocycles. The highest BCUT2D eigenvalue weighted by Crippen LogP contribution is 2.38. The van der Waals surface area contributed by atoms with E-state index in [-0.39, 0.29) is 16.7 Å². The van der Waals surface area contributed by atoms with Gasteiger partial charge in [0.05, 0.1) is 15.7 Å². The highest BCUT2D eigenvalue weighted by Gasteiger charge is 2.36. The molecule has 0 aromatic carbocycles. The van der Waals surface area contributed by atoms with E-state index < -0.39 is 11.9 Å². The zero-order valence-electron chi connectivity index (χ0n) is 15.5. The van der Waals surface area contributed by atoms with E-state index in [1.165, 1.54) is 0 Å². The summed E-state index contributed by atoms with van der Waals surface area (Å²) in [6, 6.07) is 0. The molecule has 0 fully saturated rings. The molecule has 2 heterocycles. The number of thiazole rings is 2. The van der Waals surface area contributed by atoms with Crippen LogP contribution in [0, 0.1) is 0 Å². The maximum absolute atomic E-state index is 12.8. The van der Waals surface area contributed by atoms with Crippen molar-refractivity contribution in [3.63, 3.8) is 0 Å². The van der Waals surface area contributed by atoms with Gasteiger partial charge in [-0.2, -0.15) is 13.2 Å². The van der Waals surface area contributed by atoms with E-state index in [9.17, 15) is 13.2 Å². The molecule has 0 saturated heterocycles. The molecular weight excluding hydrogens is 365 g/mol. The fourth-order valence-corrected chi connectivity index (χ4v) is 4.41. The van der Waals surface area contributed by atoms with E-state index in [2.05, 4.69) is 38.1 Å². The molecule has 7 heteroatoms. The maximum Gasteiger partial charge on any atom is 0.434 e. The van der Waals surface area contributed by atoms with Crippen molar-refractivity contribution in [2.45, 2.75) is 77.3 Å². The predicted molar refractivity (Wildman–Crippen MR) is 98.6 cm³/mol. The standard InChI is InChI=1S/C18H25F3N2S2/c1-11(12-9-24-14(22-12)16(2,3)4)7-8-17(5,6)15-23-13(10-25-15)18(19,20)21/h9-11H,7-8H2,1-6H3. The van der Waals surface area contributed by atoms with Gasteiger partial charge in [-0.3, -0.25) is 0 Å². The average molecular weight is 391 g/mol. The molecule has 25 heavy (non-hydrogen) atoms. The van der Waals surface area contributed by atoms with Gasteiger partial charge in [0.2, 0.25) is 0 Å². The second-order valence-corrected chi connectivity index (χ2v) is 9.90. The van der Waals surface area contributed by atoms with Crippen LogP contribution in [0.1, 0.15) is 81.7 Å². The van der Waals surface area contributed by atoms with Gasteiger partial charge >= 0.3 is 6.18 Å². The molecule has 2 nitrogen and oxygen atoms in total. The lowest BCUT2D eigenvalue weighted by atomic mass is 9.85. The summed E-state index contributed by atoms with van der Waals surface area (Å²) in [7, 11) is 0. The van der Waals surface area contributed by atoms with Gasteiger partial charge in [0.25, 0.3) is 0 Å². The highest BCUT2D eigenvalue weighted by molar-refractivity contribution is 7.10. The van der Waals surface area contributed by atoms with Crippen LogP contribution < -0.4 is 0 Å². The summed E-state index contributed by atoms with van der Waals surface area (Å²) in [5, 5.41) is 4.86. The molecule has 1 unspecified atom stereocenters. The Morgan fingerprint density at radius 3 is 2.04 bits per heavy atom. The predicted octanol–water partition coefficient (Wildman–Crippen LogP) is 6.78. The van der Waals surface area contributed by atoms with Crippen LogP contribution in [0.4, 0.5) is 13.2 Å². The molecule has 0 N–H and O–H groups in total. The molecular formula is C18H25F3N2S2. The number of halogens is 3. The average Bonchev–Trinajstić information content (AvgIpc) is 3.12. The van der Waals surface area contributed by atoms with Crippen molar-refractivity contribution in [1.29, 1.82) is 0 Å². The van der Waals surface area contributed by atoms with Crippen molar-refractivity contribution in [3.8, 4) is 0 Å². The second kappa shape index (κ2) is 6.99. The van der Waals surface area contributed by atoms with Gasteiger partial charge in [-0.15, -0.1) is 22.7 Å². The van der Waals surface area contributed by atoms with Crippen LogP contribution in [0.3, 0.4) is 0 Å². The van der Waals surface area contributed by atoms with Crippen LogP contribution in [-0.4, -0.2) is 9.97 Å². The summed E-state index contributed by atoms with van der Waals surface area (Å²) >= 11 is 2.77. The first-order valence-corrected chi connectivity index (χ1v) is 10.1. The van der Waals surface area contributed by atoms with Gasteiger partial charge in [-0.1, -0.05) is 41.5 Å². The van der Waals surface area contributed by atoms with Crippen LogP contribution in [0.15, 0.2) is 10.8 Å². The van der Waals surface area contributed by atoms with E-state index in [0.29, 0.717) is 5.01 Å². The summed E-state index contributed by atoms with van der Waals surface area (Å²) in [6.45, 7) is 12.5. The van der Waals surface area contributed by atoms with Crippen LogP contribution >= 0.6 is 22.7 Å². The summed E-state index contributed by atoms with van der Waals surface area (Å²) in [4.78, 5) is 8.57. The third kappa shape index (κ3) is 5.03. The smallest absolute Gasteiger partial charge is 0.245 e. The molecule has 1 atom stereocenters. The number of aromatic nitrogens is 2. The van der Waals surface area contributed by atoms with E-state index in [0.717, 1.165) is 40.3 Å². The number of hydrogen-bond donors (Lipinski definition) is 0. The fraction of sp³-hybridized carbons (Fsp3) is 0.667. The Balaban J connectivity index is 2.04.